The standard InChI is InChI=1S/C9H14O3/c1-7-5-4-6-9(2,12-7)8(10)11-3/h5H,4,6H2,1-3H3. The van der Waals surface area contributed by atoms with Crippen LogP contribution >= 0.6 is 0 Å². The molecular weight excluding hydrogens is 156 g/mol. The van der Waals surface area contributed by atoms with E-state index in [0.717, 1.165) is 12.2 Å². The van der Waals surface area contributed by atoms with Gasteiger partial charge in [-0.05, 0) is 26.3 Å². The van der Waals surface area contributed by atoms with Gasteiger partial charge in [0.15, 0.2) is 0 Å². The molecule has 0 amide bonds. The number of methoxy groups -OCH3 is 1. The van der Waals surface area contributed by atoms with Gasteiger partial charge in [-0.1, -0.05) is 0 Å². The molecule has 1 aliphatic rings. The molecule has 1 rings (SSSR count). The summed E-state index contributed by atoms with van der Waals surface area (Å²) >= 11 is 0. The normalized spacial score (nSPS) is 28.8. The second-order valence-electron chi connectivity index (χ2n) is 3.18. The molecular formula is C9H14O3. The van der Waals surface area contributed by atoms with Crippen molar-refractivity contribution in [1.29, 1.82) is 0 Å². The largest absolute Gasteiger partial charge is 0.481 e. The molecule has 12 heavy (non-hydrogen) atoms. The first-order chi connectivity index (χ1) is 5.58. The fourth-order valence-electron chi connectivity index (χ4n) is 1.36. The molecule has 0 saturated carbocycles. The predicted octanol–water partition coefficient (Wildman–Crippen LogP) is 1.63. The number of allylic oxidation sites excluding steroid dienone is 2. The van der Waals surface area contributed by atoms with Crippen LogP contribution in [0.1, 0.15) is 26.7 Å². The minimum atomic E-state index is -0.770. The van der Waals surface area contributed by atoms with Crippen molar-refractivity contribution in [3.63, 3.8) is 0 Å². The summed E-state index contributed by atoms with van der Waals surface area (Å²) in [5.74, 6) is 0.504. The fraction of sp³-hybridized carbons (Fsp3) is 0.667. The van der Waals surface area contributed by atoms with Crippen LogP contribution in [0.3, 0.4) is 0 Å². The van der Waals surface area contributed by atoms with Crippen LogP contribution in [0, 0.1) is 0 Å². The Balaban J connectivity index is 2.73. The van der Waals surface area contributed by atoms with Gasteiger partial charge in [0.05, 0.1) is 12.9 Å². The maximum Gasteiger partial charge on any atom is 0.349 e. The number of rotatable bonds is 1. The van der Waals surface area contributed by atoms with Gasteiger partial charge in [-0.25, -0.2) is 4.79 Å². The lowest BCUT2D eigenvalue weighted by Crippen LogP contribution is -2.40. The van der Waals surface area contributed by atoms with E-state index in [2.05, 4.69) is 4.74 Å². The molecule has 0 aromatic heterocycles. The molecule has 68 valence electrons. The first kappa shape index (κ1) is 9.10. The van der Waals surface area contributed by atoms with E-state index < -0.39 is 5.60 Å². The zero-order valence-electron chi connectivity index (χ0n) is 7.72. The van der Waals surface area contributed by atoms with E-state index in [1.54, 1.807) is 6.92 Å². The van der Waals surface area contributed by atoms with Crippen LogP contribution in [-0.4, -0.2) is 18.7 Å². The summed E-state index contributed by atoms with van der Waals surface area (Å²) in [7, 11) is 1.38. The summed E-state index contributed by atoms with van der Waals surface area (Å²) in [6.07, 6.45) is 3.54. The number of carbonyl (C=O) groups is 1. The number of carbonyl (C=O) groups excluding carboxylic acids is 1. The second-order valence-corrected chi connectivity index (χ2v) is 3.18. The van der Waals surface area contributed by atoms with Crippen LogP contribution in [-0.2, 0) is 14.3 Å². The Labute approximate surface area is 72.4 Å². The SMILES string of the molecule is COC(=O)C1(C)CCC=C(C)O1. The minimum Gasteiger partial charge on any atom is -0.481 e. The maximum absolute atomic E-state index is 11.3. The molecule has 0 aromatic rings. The van der Waals surface area contributed by atoms with E-state index >= 15 is 0 Å². The van der Waals surface area contributed by atoms with E-state index in [9.17, 15) is 4.79 Å². The molecule has 0 spiro atoms. The average Bonchev–Trinajstić information content (AvgIpc) is 2.02. The van der Waals surface area contributed by atoms with Gasteiger partial charge in [0, 0.05) is 6.42 Å². The lowest BCUT2D eigenvalue weighted by Gasteiger charge is -2.30. The molecule has 0 aliphatic carbocycles. The van der Waals surface area contributed by atoms with Crippen molar-refractivity contribution in [3.05, 3.63) is 11.8 Å². The zero-order valence-corrected chi connectivity index (χ0v) is 7.72. The lowest BCUT2D eigenvalue weighted by molar-refractivity contribution is -0.164. The van der Waals surface area contributed by atoms with E-state index in [4.69, 9.17) is 4.74 Å². The molecule has 0 fully saturated rings. The highest BCUT2D eigenvalue weighted by atomic mass is 16.6. The van der Waals surface area contributed by atoms with Gasteiger partial charge >= 0.3 is 5.97 Å². The highest BCUT2D eigenvalue weighted by Gasteiger charge is 2.37. The molecule has 0 aromatic carbocycles. The van der Waals surface area contributed by atoms with Gasteiger partial charge in [-0.15, -0.1) is 0 Å². The Morgan fingerprint density at radius 1 is 1.75 bits per heavy atom. The average molecular weight is 170 g/mol. The summed E-state index contributed by atoms with van der Waals surface area (Å²) in [5, 5.41) is 0. The Kier molecular flexibility index (Phi) is 2.40. The molecule has 1 aliphatic heterocycles. The van der Waals surface area contributed by atoms with Gasteiger partial charge < -0.3 is 9.47 Å². The topological polar surface area (TPSA) is 35.5 Å². The molecule has 0 saturated heterocycles. The van der Waals surface area contributed by atoms with Crippen molar-refractivity contribution in [1.82, 2.24) is 0 Å². The second kappa shape index (κ2) is 3.17. The van der Waals surface area contributed by atoms with Crippen LogP contribution in [0.4, 0.5) is 0 Å². The number of esters is 1. The van der Waals surface area contributed by atoms with Crippen molar-refractivity contribution in [2.24, 2.45) is 0 Å². The third kappa shape index (κ3) is 1.60. The molecule has 0 radical (unpaired) electrons. The smallest absolute Gasteiger partial charge is 0.349 e. The summed E-state index contributed by atoms with van der Waals surface area (Å²) in [4.78, 5) is 11.3. The molecule has 1 heterocycles. The van der Waals surface area contributed by atoms with Gasteiger partial charge in [0.2, 0.25) is 5.60 Å². The van der Waals surface area contributed by atoms with Crippen LogP contribution in [0.5, 0.6) is 0 Å². The van der Waals surface area contributed by atoms with Gasteiger partial charge in [0.25, 0.3) is 0 Å². The number of hydrogen-bond acceptors (Lipinski definition) is 3. The monoisotopic (exact) mass is 170 g/mol. The van der Waals surface area contributed by atoms with Crippen LogP contribution < -0.4 is 0 Å². The highest BCUT2D eigenvalue weighted by Crippen LogP contribution is 2.27. The molecule has 1 atom stereocenters. The van der Waals surface area contributed by atoms with Gasteiger partial charge in [0.1, 0.15) is 0 Å². The third-order valence-electron chi connectivity index (χ3n) is 2.06. The molecule has 0 bridgehead atoms. The molecule has 3 nitrogen and oxygen atoms in total. The fourth-order valence-corrected chi connectivity index (χ4v) is 1.36. The maximum atomic E-state index is 11.3. The van der Waals surface area contributed by atoms with Crippen LogP contribution in [0.25, 0.3) is 0 Å². The summed E-state index contributed by atoms with van der Waals surface area (Å²) in [6, 6.07) is 0. The van der Waals surface area contributed by atoms with E-state index in [1.165, 1.54) is 7.11 Å². The first-order valence-electron chi connectivity index (χ1n) is 4.03. The zero-order chi connectivity index (χ0) is 9.19. The van der Waals surface area contributed by atoms with E-state index in [1.807, 2.05) is 13.0 Å². The third-order valence-corrected chi connectivity index (χ3v) is 2.06. The summed E-state index contributed by atoms with van der Waals surface area (Å²) < 4.78 is 10.1. The Hall–Kier alpha value is -0.990. The Morgan fingerprint density at radius 3 is 2.92 bits per heavy atom. The predicted molar refractivity (Wildman–Crippen MR) is 44.5 cm³/mol. The lowest BCUT2D eigenvalue weighted by atomic mass is 9.97. The number of hydrogen-bond donors (Lipinski definition) is 0. The Morgan fingerprint density at radius 2 is 2.42 bits per heavy atom. The van der Waals surface area contributed by atoms with E-state index in [-0.39, 0.29) is 5.97 Å². The Bertz CT molecular complexity index is 220. The molecule has 3 heteroatoms. The highest BCUT2D eigenvalue weighted by molar-refractivity contribution is 5.79. The van der Waals surface area contributed by atoms with Crippen molar-refractivity contribution < 1.29 is 14.3 Å². The summed E-state index contributed by atoms with van der Waals surface area (Å²) in [6.45, 7) is 3.61. The van der Waals surface area contributed by atoms with E-state index in [0.29, 0.717) is 6.42 Å². The first-order valence-corrected chi connectivity index (χ1v) is 4.03. The van der Waals surface area contributed by atoms with Crippen LogP contribution in [0.15, 0.2) is 11.8 Å². The number of ether oxygens (including phenoxy) is 2. The van der Waals surface area contributed by atoms with Crippen molar-refractivity contribution in [2.45, 2.75) is 32.3 Å². The quantitative estimate of drug-likeness (QED) is 0.561. The van der Waals surface area contributed by atoms with Crippen molar-refractivity contribution in [2.75, 3.05) is 7.11 Å². The van der Waals surface area contributed by atoms with Gasteiger partial charge in [-0.3, -0.25) is 0 Å². The van der Waals surface area contributed by atoms with Gasteiger partial charge in [-0.2, -0.15) is 0 Å². The van der Waals surface area contributed by atoms with Crippen LogP contribution in [0.2, 0.25) is 0 Å². The molecule has 1 unspecified atom stereocenters. The minimum absolute atomic E-state index is 0.296. The molecule has 0 N–H and O–H groups in total. The summed E-state index contributed by atoms with van der Waals surface area (Å²) in [5.41, 5.74) is -0.770. The van der Waals surface area contributed by atoms with Crippen molar-refractivity contribution >= 4 is 5.97 Å². The van der Waals surface area contributed by atoms with Crippen molar-refractivity contribution in [3.8, 4) is 0 Å².